The average Bonchev–Trinajstić information content (AvgIpc) is 3.50. The molecule has 5 rings (SSSR count). The van der Waals surface area contributed by atoms with Crippen LogP contribution < -0.4 is 25.6 Å². The van der Waals surface area contributed by atoms with Crippen molar-refractivity contribution in [2.24, 2.45) is 5.41 Å². The lowest BCUT2D eigenvalue weighted by Gasteiger charge is -2.23. The van der Waals surface area contributed by atoms with Crippen molar-refractivity contribution in [1.82, 2.24) is 20.4 Å². The number of nitrogens with zero attached hydrogens (tertiary/aromatic N) is 4. The van der Waals surface area contributed by atoms with Gasteiger partial charge in [-0.2, -0.15) is 4.98 Å². The van der Waals surface area contributed by atoms with E-state index in [0.29, 0.717) is 28.3 Å². The molecule has 0 unspecified atom stereocenters. The quantitative estimate of drug-likeness (QED) is 0.106. The third kappa shape index (κ3) is 8.64. The van der Waals surface area contributed by atoms with Crippen LogP contribution in [-0.4, -0.2) is 55.7 Å². The van der Waals surface area contributed by atoms with Crippen LogP contribution in [0.4, 0.5) is 23.1 Å². The number of carbonyl (C=O) groups excluding carboxylic acids is 2. The minimum absolute atomic E-state index is 0.0214. The van der Waals surface area contributed by atoms with Crippen LogP contribution in [-0.2, 0) is 25.8 Å². The lowest BCUT2D eigenvalue weighted by atomic mass is 9.96. The van der Waals surface area contributed by atoms with Gasteiger partial charge in [0.15, 0.2) is 5.82 Å². The summed E-state index contributed by atoms with van der Waals surface area (Å²) in [7, 11) is -2.73. The van der Waals surface area contributed by atoms with Crippen molar-refractivity contribution in [3.63, 3.8) is 0 Å². The Hall–Kier alpha value is -5.74. The molecule has 5 aromatic rings. The van der Waals surface area contributed by atoms with E-state index in [1.807, 2.05) is 0 Å². The van der Waals surface area contributed by atoms with Gasteiger partial charge in [0, 0.05) is 18.2 Å². The highest BCUT2D eigenvalue weighted by molar-refractivity contribution is 7.91. The third-order valence-corrected chi connectivity index (χ3v) is 9.03. The summed E-state index contributed by atoms with van der Waals surface area (Å²) in [6, 6.07) is 21.2. The summed E-state index contributed by atoms with van der Waals surface area (Å²) in [5.41, 5.74) is 1.46. The SMILES string of the molecule is CNC(=O)c1ccccc1Nc1nc(Nc2ccc(CC(=O)OCC(C)(C)COc3no[n+]([O-])c3S(=O)(=O)c3ccccc3)cc2)ncc1Cl. The molecule has 17 heteroatoms. The second-order valence-electron chi connectivity index (χ2n) is 11.6. The summed E-state index contributed by atoms with van der Waals surface area (Å²) in [4.78, 5) is 33.2. The molecule has 2 heterocycles. The van der Waals surface area contributed by atoms with E-state index < -0.39 is 32.1 Å². The number of rotatable bonds is 14. The van der Waals surface area contributed by atoms with Crippen LogP contribution in [0.1, 0.15) is 29.8 Å². The van der Waals surface area contributed by atoms with Gasteiger partial charge < -0.3 is 30.6 Å². The molecule has 0 saturated heterocycles. The van der Waals surface area contributed by atoms with E-state index in [1.54, 1.807) is 75.5 Å². The highest BCUT2D eigenvalue weighted by Gasteiger charge is 2.37. The number of hydrogen-bond acceptors (Lipinski definition) is 13. The van der Waals surface area contributed by atoms with Gasteiger partial charge in [-0.15, -0.1) is 0 Å². The molecule has 0 spiro atoms. The van der Waals surface area contributed by atoms with E-state index in [4.69, 9.17) is 21.1 Å². The van der Waals surface area contributed by atoms with E-state index >= 15 is 0 Å². The lowest BCUT2D eigenvalue weighted by Crippen LogP contribution is -2.32. The first kappa shape index (κ1) is 35.6. The van der Waals surface area contributed by atoms with Crippen LogP contribution in [0.2, 0.25) is 5.02 Å². The van der Waals surface area contributed by atoms with Gasteiger partial charge in [0.1, 0.15) is 11.6 Å². The zero-order valence-electron chi connectivity index (χ0n) is 27.0. The molecule has 0 aliphatic heterocycles. The Morgan fingerprint density at radius 3 is 2.40 bits per heavy atom. The predicted octanol–water partition coefficient (Wildman–Crippen LogP) is 4.62. The molecular formula is C33H32ClN7O8S. The van der Waals surface area contributed by atoms with Crippen molar-refractivity contribution in [3.8, 4) is 5.88 Å². The van der Waals surface area contributed by atoms with E-state index in [0.717, 1.165) is 0 Å². The smallest absolute Gasteiger partial charge is 0.414 e. The van der Waals surface area contributed by atoms with E-state index in [1.165, 1.54) is 30.5 Å². The highest BCUT2D eigenvalue weighted by Crippen LogP contribution is 2.28. The molecule has 0 fully saturated rings. The minimum Gasteiger partial charge on any atom is -0.465 e. The molecule has 0 saturated carbocycles. The zero-order chi connectivity index (χ0) is 35.9. The molecule has 15 nitrogen and oxygen atoms in total. The molecule has 50 heavy (non-hydrogen) atoms. The Bertz CT molecular complexity index is 2090. The van der Waals surface area contributed by atoms with Crippen LogP contribution >= 0.6 is 11.6 Å². The number of esters is 1. The third-order valence-electron chi connectivity index (χ3n) is 7.03. The van der Waals surface area contributed by atoms with Crippen LogP contribution in [0, 0.1) is 10.6 Å². The maximum absolute atomic E-state index is 13.0. The van der Waals surface area contributed by atoms with Crippen molar-refractivity contribution in [2.75, 3.05) is 30.9 Å². The van der Waals surface area contributed by atoms with Crippen LogP contribution in [0.15, 0.2) is 99.6 Å². The second kappa shape index (κ2) is 15.2. The zero-order valence-corrected chi connectivity index (χ0v) is 28.6. The van der Waals surface area contributed by atoms with Crippen molar-refractivity contribution in [2.45, 2.75) is 30.2 Å². The molecule has 0 bridgehead atoms. The summed E-state index contributed by atoms with van der Waals surface area (Å²) in [5.74, 6) is -0.737. The number of aromatic nitrogens is 4. The summed E-state index contributed by atoms with van der Waals surface area (Å²) in [6.07, 6.45) is 1.41. The number of halogens is 1. The topological polar surface area (TPSA) is 202 Å². The predicted molar refractivity (Wildman–Crippen MR) is 181 cm³/mol. The Labute approximate surface area is 292 Å². The van der Waals surface area contributed by atoms with Crippen LogP contribution in [0.25, 0.3) is 0 Å². The summed E-state index contributed by atoms with van der Waals surface area (Å²) >= 11 is 6.32. The molecule has 3 aromatic carbocycles. The molecule has 0 atom stereocenters. The van der Waals surface area contributed by atoms with E-state index in [2.05, 4.69) is 35.7 Å². The maximum Gasteiger partial charge on any atom is 0.414 e. The van der Waals surface area contributed by atoms with E-state index in [-0.39, 0.29) is 46.3 Å². The van der Waals surface area contributed by atoms with Gasteiger partial charge in [-0.1, -0.05) is 67.9 Å². The van der Waals surface area contributed by atoms with Crippen molar-refractivity contribution >= 4 is 56.5 Å². The van der Waals surface area contributed by atoms with E-state index in [9.17, 15) is 23.2 Å². The minimum atomic E-state index is -4.27. The fourth-order valence-corrected chi connectivity index (χ4v) is 5.87. The number of carbonyl (C=O) groups is 2. The summed E-state index contributed by atoms with van der Waals surface area (Å²) in [6.45, 7) is 3.25. The molecule has 2 aromatic heterocycles. The Morgan fingerprint density at radius 1 is 0.980 bits per heavy atom. The number of nitrogens with one attached hydrogen (secondary N) is 3. The standard InChI is InChI=1S/C33H32ClN7O8S/c1-33(2,20-48-30-31(41(44)49-40-30)50(45,46)23-9-5-4-6-10-23)19-47-27(42)17-21-13-15-22(16-14-21)37-32-36-18-25(34)28(39-32)38-26-12-8-7-11-24(26)29(43)35-3/h4-16,18H,17,19-20H2,1-3H3,(H,35,43)(H2,36,37,38,39). The first-order valence-electron chi connectivity index (χ1n) is 15.0. The Morgan fingerprint density at radius 2 is 1.68 bits per heavy atom. The molecule has 0 radical (unpaired) electrons. The number of ether oxygens (including phenoxy) is 2. The second-order valence-corrected chi connectivity index (χ2v) is 13.9. The number of para-hydroxylation sites is 1. The molecule has 260 valence electrons. The van der Waals surface area contributed by atoms with Gasteiger partial charge in [-0.25, -0.2) is 13.4 Å². The highest BCUT2D eigenvalue weighted by atomic mass is 35.5. The van der Waals surface area contributed by atoms with Gasteiger partial charge in [0.2, 0.25) is 5.95 Å². The van der Waals surface area contributed by atoms with Gasteiger partial charge >= 0.3 is 16.9 Å². The lowest BCUT2D eigenvalue weighted by molar-refractivity contribution is -0.832. The van der Waals surface area contributed by atoms with Gasteiger partial charge in [-0.3, -0.25) is 14.2 Å². The number of amides is 1. The Balaban J connectivity index is 1.14. The number of anilines is 4. The van der Waals surface area contributed by atoms with Crippen molar-refractivity contribution in [3.05, 3.63) is 106 Å². The van der Waals surface area contributed by atoms with Gasteiger partial charge in [-0.05, 0) is 46.9 Å². The first-order chi connectivity index (χ1) is 23.9. The summed E-state index contributed by atoms with van der Waals surface area (Å²) < 4.78 is 41.5. The fraction of sp³-hybridized carbons (Fsp3) is 0.212. The number of hydrogen-bond donors (Lipinski definition) is 3. The van der Waals surface area contributed by atoms with Crippen LogP contribution in [0.5, 0.6) is 5.88 Å². The van der Waals surface area contributed by atoms with Crippen molar-refractivity contribution < 1.29 is 37.0 Å². The monoisotopic (exact) mass is 721 g/mol. The molecule has 1 amide bonds. The molecule has 3 N–H and O–H groups in total. The number of sulfone groups is 1. The molecule has 0 aliphatic carbocycles. The van der Waals surface area contributed by atoms with Crippen molar-refractivity contribution in [1.29, 1.82) is 0 Å². The normalized spacial score (nSPS) is 11.4. The fourth-order valence-electron chi connectivity index (χ4n) is 4.44. The number of benzene rings is 3. The maximum atomic E-state index is 13.0. The molecular weight excluding hydrogens is 690 g/mol. The van der Waals surface area contributed by atoms with Gasteiger partial charge in [0.25, 0.3) is 15.7 Å². The average molecular weight is 722 g/mol. The van der Waals surface area contributed by atoms with Crippen LogP contribution in [0.3, 0.4) is 0 Å². The Kier molecular flexibility index (Phi) is 10.8. The van der Waals surface area contributed by atoms with Gasteiger partial charge in [0.05, 0.1) is 40.5 Å². The molecule has 0 aliphatic rings. The largest absolute Gasteiger partial charge is 0.465 e. The first-order valence-corrected chi connectivity index (χ1v) is 16.9. The summed E-state index contributed by atoms with van der Waals surface area (Å²) in [5, 5.41) is 23.8.